The third-order valence-corrected chi connectivity index (χ3v) is 5.49. The Bertz CT molecular complexity index is 1130. The van der Waals surface area contributed by atoms with Gasteiger partial charge in [0.05, 0.1) is 19.0 Å². The van der Waals surface area contributed by atoms with E-state index in [2.05, 4.69) is 15.2 Å². The van der Waals surface area contributed by atoms with Crippen LogP contribution in [0.2, 0.25) is 0 Å². The van der Waals surface area contributed by atoms with Gasteiger partial charge in [0.1, 0.15) is 23.1 Å². The van der Waals surface area contributed by atoms with Gasteiger partial charge in [-0.2, -0.15) is 0 Å². The van der Waals surface area contributed by atoms with Crippen LogP contribution in [0.15, 0.2) is 76.8 Å². The number of carbonyl (C=O) groups is 1. The maximum Gasteiger partial charge on any atom is 0.217 e. The maximum atomic E-state index is 11.2. The summed E-state index contributed by atoms with van der Waals surface area (Å²) in [5.74, 6) is 3.16. The number of hydrogen-bond donors (Lipinski definition) is 1. The van der Waals surface area contributed by atoms with Crippen molar-refractivity contribution in [2.45, 2.75) is 30.3 Å². The minimum absolute atomic E-state index is 0.211. The lowest BCUT2D eigenvalue weighted by Crippen LogP contribution is -2.14. The van der Waals surface area contributed by atoms with Crippen LogP contribution in [0.4, 0.5) is 0 Å². The minimum Gasteiger partial charge on any atom is -0.467 e. The van der Waals surface area contributed by atoms with Gasteiger partial charge in [0, 0.05) is 30.4 Å². The molecule has 0 unspecified atom stereocenters. The van der Waals surface area contributed by atoms with Crippen molar-refractivity contribution < 1.29 is 13.9 Å². The first kappa shape index (κ1) is 20.7. The Labute approximate surface area is 183 Å². The first-order valence-electron chi connectivity index (χ1n) is 9.70. The van der Waals surface area contributed by atoms with Crippen molar-refractivity contribution in [2.75, 3.05) is 0 Å². The number of benzene rings is 1. The van der Waals surface area contributed by atoms with Gasteiger partial charge < -0.3 is 14.9 Å². The predicted molar refractivity (Wildman–Crippen MR) is 116 cm³/mol. The quantitative estimate of drug-likeness (QED) is 0.377. The van der Waals surface area contributed by atoms with E-state index in [0.29, 0.717) is 30.3 Å². The van der Waals surface area contributed by atoms with Gasteiger partial charge in [0.2, 0.25) is 5.91 Å². The monoisotopic (exact) mass is 435 g/mol. The molecule has 0 saturated carbocycles. The molecule has 158 valence electrons. The van der Waals surface area contributed by atoms with Crippen molar-refractivity contribution in [3.63, 3.8) is 0 Å². The Morgan fingerprint density at radius 1 is 1.13 bits per heavy atom. The molecule has 0 spiro atoms. The number of pyridine rings is 1. The van der Waals surface area contributed by atoms with Gasteiger partial charge >= 0.3 is 0 Å². The predicted octanol–water partition coefficient (Wildman–Crippen LogP) is 3.82. The van der Waals surface area contributed by atoms with E-state index in [9.17, 15) is 4.79 Å². The highest BCUT2D eigenvalue weighted by molar-refractivity contribution is 7.98. The summed E-state index contributed by atoms with van der Waals surface area (Å²) in [5, 5.41) is 9.34. The highest BCUT2D eigenvalue weighted by atomic mass is 32.2. The number of aryl methyl sites for hydroxylation is 1. The van der Waals surface area contributed by atoms with Gasteiger partial charge in [0.25, 0.3) is 0 Å². The Balaban J connectivity index is 1.52. The zero-order valence-electron chi connectivity index (χ0n) is 16.7. The van der Waals surface area contributed by atoms with Crippen LogP contribution in [-0.4, -0.2) is 25.7 Å². The number of primary amides is 1. The van der Waals surface area contributed by atoms with E-state index in [1.165, 1.54) is 11.8 Å². The lowest BCUT2D eigenvalue weighted by molar-refractivity contribution is -0.118. The van der Waals surface area contributed by atoms with E-state index in [0.717, 1.165) is 22.2 Å². The Kier molecular flexibility index (Phi) is 6.63. The summed E-state index contributed by atoms with van der Waals surface area (Å²) in [4.78, 5) is 15.3. The lowest BCUT2D eigenvalue weighted by atomic mass is 10.2. The number of para-hydroxylation sites is 1. The molecule has 1 aromatic carbocycles. The molecule has 0 aliphatic rings. The van der Waals surface area contributed by atoms with Gasteiger partial charge in [0.15, 0.2) is 5.16 Å². The Morgan fingerprint density at radius 3 is 2.81 bits per heavy atom. The number of hydrogen-bond acceptors (Lipinski definition) is 7. The summed E-state index contributed by atoms with van der Waals surface area (Å²) in [7, 11) is 0. The average Bonchev–Trinajstić information content (AvgIpc) is 3.43. The Morgan fingerprint density at radius 2 is 2.03 bits per heavy atom. The number of carbonyl (C=O) groups excluding carboxylic acids is 1. The molecule has 8 nitrogen and oxygen atoms in total. The zero-order valence-corrected chi connectivity index (χ0v) is 17.5. The van der Waals surface area contributed by atoms with E-state index in [1.807, 2.05) is 53.1 Å². The number of amides is 1. The molecule has 9 heteroatoms. The molecule has 31 heavy (non-hydrogen) atoms. The average molecular weight is 436 g/mol. The summed E-state index contributed by atoms with van der Waals surface area (Å²) in [5.41, 5.74) is 6.33. The van der Waals surface area contributed by atoms with E-state index in [1.54, 1.807) is 18.7 Å². The minimum atomic E-state index is -0.372. The van der Waals surface area contributed by atoms with Gasteiger partial charge in [-0.25, -0.2) is 0 Å². The number of ether oxygens (including phenoxy) is 1. The number of nitrogens with zero attached hydrogens (tertiary/aromatic N) is 4. The second kappa shape index (κ2) is 9.94. The molecular formula is C22H21N5O3S. The van der Waals surface area contributed by atoms with Gasteiger partial charge in [-0.3, -0.25) is 14.3 Å². The molecule has 0 fully saturated rings. The van der Waals surface area contributed by atoms with Crippen molar-refractivity contribution in [2.24, 2.45) is 5.73 Å². The van der Waals surface area contributed by atoms with Crippen LogP contribution < -0.4 is 10.5 Å². The fraction of sp³-hybridized carbons (Fsp3) is 0.182. The molecule has 2 N–H and O–H groups in total. The van der Waals surface area contributed by atoms with E-state index in [-0.39, 0.29) is 12.3 Å². The van der Waals surface area contributed by atoms with Gasteiger partial charge in [-0.1, -0.05) is 30.0 Å². The standard InChI is InChI=1S/C22H21N5O3S/c23-20(28)9-10-21-25-26-22(27(21)14-18-7-4-12-29-18)31-15-16-5-1-2-8-19(16)30-17-6-3-11-24-13-17/h1-8,11-13H,9-10,14-15H2,(H2,23,28). The third-order valence-electron chi connectivity index (χ3n) is 4.47. The molecular weight excluding hydrogens is 414 g/mol. The fourth-order valence-electron chi connectivity index (χ4n) is 2.96. The number of aromatic nitrogens is 4. The van der Waals surface area contributed by atoms with Crippen LogP contribution in [-0.2, 0) is 23.5 Å². The van der Waals surface area contributed by atoms with Crippen molar-refractivity contribution in [1.29, 1.82) is 0 Å². The van der Waals surface area contributed by atoms with Crippen molar-refractivity contribution >= 4 is 17.7 Å². The Hall–Kier alpha value is -3.59. The summed E-state index contributed by atoms with van der Waals surface area (Å²) < 4.78 is 13.4. The van der Waals surface area contributed by atoms with Crippen LogP contribution in [0.5, 0.6) is 11.5 Å². The number of rotatable bonds is 10. The third kappa shape index (κ3) is 5.52. The first-order valence-corrected chi connectivity index (χ1v) is 10.7. The number of thioether (sulfide) groups is 1. The summed E-state index contributed by atoms with van der Waals surface area (Å²) in [6, 6.07) is 15.3. The molecule has 3 heterocycles. The normalized spacial score (nSPS) is 10.8. The van der Waals surface area contributed by atoms with Crippen molar-refractivity contribution in [1.82, 2.24) is 19.7 Å². The first-order chi connectivity index (χ1) is 15.2. The molecule has 0 atom stereocenters. The second-order valence-electron chi connectivity index (χ2n) is 6.72. The summed E-state index contributed by atoms with van der Waals surface area (Å²) in [6.45, 7) is 0.476. The molecule has 3 aromatic heterocycles. The molecule has 0 aliphatic heterocycles. The maximum absolute atomic E-state index is 11.2. The van der Waals surface area contributed by atoms with Gasteiger partial charge in [-0.05, 0) is 30.3 Å². The molecule has 4 rings (SSSR count). The number of furan rings is 1. The van der Waals surface area contributed by atoms with Crippen molar-refractivity contribution in [3.8, 4) is 11.5 Å². The fourth-order valence-corrected chi connectivity index (χ4v) is 3.91. The summed E-state index contributed by atoms with van der Waals surface area (Å²) >= 11 is 1.54. The van der Waals surface area contributed by atoms with Crippen LogP contribution in [0.1, 0.15) is 23.6 Å². The van der Waals surface area contributed by atoms with Crippen LogP contribution in [0.25, 0.3) is 0 Å². The molecule has 4 aromatic rings. The van der Waals surface area contributed by atoms with Gasteiger partial charge in [-0.15, -0.1) is 10.2 Å². The van der Waals surface area contributed by atoms with E-state index in [4.69, 9.17) is 14.9 Å². The van der Waals surface area contributed by atoms with Crippen molar-refractivity contribution in [3.05, 3.63) is 84.3 Å². The highest BCUT2D eigenvalue weighted by Gasteiger charge is 2.16. The van der Waals surface area contributed by atoms with Crippen LogP contribution in [0.3, 0.4) is 0 Å². The van der Waals surface area contributed by atoms with E-state index >= 15 is 0 Å². The second-order valence-corrected chi connectivity index (χ2v) is 7.66. The lowest BCUT2D eigenvalue weighted by Gasteiger charge is -2.11. The summed E-state index contributed by atoms with van der Waals surface area (Å²) in [6.07, 6.45) is 5.64. The zero-order chi connectivity index (χ0) is 21.5. The van der Waals surface area contributed by atoms with Crippen LogP contribution >= 0.6 is 11.8 Å². The van der Waals surface area contributed by atoms with E-state index < -0.39 is 0 Å². The molecule has 0 radical (unpaired) electrons. The molecule has 0 saturated heterocycles. The highest BCUT2D eigenvalue weighted by Crippen LogP contribution is 2.30. The SMILES string of the molecule is NC(=O)CCc1nnc(SCc2ccccc2Oc2cccnc2)n1Cc1ccco1. The molecule has 0 bridgehead atoms. The molecule has 1 amide bonds. The number of nitrogens with two attached hydrogens (primary N) is 1. The largest absolute Gasteiger partial charge is 0.467 e. The smallest absolute Gasteiger partial charge is 0.217 e. The molecule has 0 aliphatic carbocycles. The van der Waals surface area contributed by atoms with Crippen LogP contribution in [0, 0.1) is 0 Å². The topological polar surface area (TPSA) is 109 Å².